The Morgan fingerprint density at radius 3 is 2.30 bits per heavy atom. The third kappa shape index (κ3) is 4.43. The number of para-hydroxylation sites is 1. The quantitative estimate of drug-likeness (QED) is 0.458. The molecule has 0 saturated heterocycles. The molecule has 0 saturated carbocycles. The van der Waals surface area contributed by atoms with Crippen molar-refractivity contribution in [1.82, 2.24) is 10.3 Å². The molecule has 0 aliphatic heterocycles. The van der Waals surface area contributed by atoms with Crippen LogP contribution in [0.5, 0.6) is 0 Å². The van der Waals surface area contributed by atoms with Gasteiger partial charge in [0.25, 0.3) is 5.91 Å². The van der Waals surface area contributed by atoms with E-state index in [9.17, 15) is 14.4 Å². The van der Waals surface area contributed by atoms with E-state index >= 15 is 0 Å². The highest BCUT2D eigenvalue weighted by molar-refractivity contribution is 6.10. The molecular weight excluding hydrogens is 380 g/mol. The second-order valence-electron chi connectivity index (χ2n) is 7.70. The van der Waals surface area contributed by atoms with Gasteiger partial charge in [0.2, 0.25) is 5.78 Å². The molecule has 3 aromatic rings. The molecule has 0 radical (unpaired) electrons. The Hall–Kier alpha value is -3.41. The molecule has 3 rings (SSSR count). The van der Waals surface area contributed by atoms with Gasteiger partial charge in [0.15, 0.2) is 6.10 Å². The molecule has 156 valence electrons. The number of hydrogen-bond donors (Lipinski definition) is 2. The molecule has 0 bridgehead atoms. The van der Waals surface area contributed by atoms with Crippen LogP contribution in [-0.4, -0.2) is 34.8 Å². The number of rotatable bonds is 7. The zero-order valence-electron chi connectivity index (χ0n) is 17.6. The van der Waals surface area contributed by atoms with Crippen LogP contribution in [-0.2, 0) is 9.53 Å². The van der Waals surface area contributed by atoms with Gasteiger partial charge in [0, 0.05) is 28.2 Å². The van der Waals surface area contributed by atoms with E-state index in [2.05, 4.69) is 10.3 Å². The average Bonchev–Trinajstić information content (AvgIpc) is 3.15. The summed E-state index contributed by atoms with van der Waals surface area (Å²) in [5, 5.41) is 3.53. The van der Waals surface area contributed by atoms with Crippen molar-refractivity contribution in [1.29, 1.82) is 0 Å². The lowest BCUT2D eigenvalue weighted by atomic mass is 10.0. The van der Waals surface area contributed by atoms with Crippen LogP contribution in [0.3, 0.4) is 0 Å². The highest BCUT2D eigenvalue weighted by Crippen LogP contribution is 2.20. The van der Waals surface area contributed by atoms with Crippen LogP contribution >= 0.6 is 0 Å². The third-order valence-electron chi connectivity index (χ3n) is 5.11. The molecule has 0 unspecified atom stereocenters. The monoisotopic (exact) mass is 406 g/mol. The fourth-order valence-electron chi connectivity index (χ4n) is 3.34. The first-order valence-electron chi connectivity index (χ1n) is 9.97. The minimum Gasteiger partial charge on any atom is -0.453 e. The maximum absolute atomic E-state index is 12.9. The molecule has 2 atom stereocenters. The third-order valence-corrected chi connectivity index (χ3v) is 5.11. The first kappa shape index (κ1) is 21.3. The van der Waals surface area contributed by atoms with Crippen LogP contribution < -0.4 is 5.32 Å². The summed E-state index contributed by atoms with van der Waals surface area (Å²) in [6, 6.07) is 13.7. The lowest BCUT2D eigenvalue weighted by Gasteiger charge is -2.23. The highest BCUT2D eigenvalue weighted by atomic mass is 16.5. The summed E-state index contributed by atoms with van der Waals surface area (Å²) in [4.78, 5) is 41.3. The molecule has 0 aliphatic rings. The van der Waals surface area contributed by atoms with Gasteiger partial charge in [-0.3, -0.25) is 9.59 Å². The van der Waals surface area contributed by atoms with Crippen molar-refractivity contribution in [2.45, 2.75) is 39.8 Å². The summed E-state index contributed by atoms with van der Waals surface area (Å²) in [5.74, 6) is -1.48. The summed E-state index contributed by atoms with van der Waals surface area (Å²) >= 11 is 0. The Labute approximate surface area is 175 Å². The van der Waals surface area contributed by atoms with E-state index in [0.29, 0.717) is 11.1 Å². The molecule has 0 spiro atoms. The van der Waals surface area contributed by atoms with Crippen LogP contribution in [0.1, 0.15) is 47.1 Å². The molecular formula is C24H26N2O4. The van der Waals surface area contributed by atoms with E-state index in [-0.39, 0.29) is 17.6 Å². The van der Waals surface area contributed by atoms with Gasteiger partial charge in [-0.2, -0.15) is 0 Å². The smallest absolute Gasteiger partial charge is 0.329 e. The maximum atomic E-state index is 12.9. The first-order valence-corrected chi connectivity index (χ1v) is 9.97. The Bertz CT molecular complexity index is 1080. The number of Topliss-reactive ketones (excluding diaryl/α,β-unsaturated/α-hetero) is 1. The van der Waals surface area contributed by atoms with Crippen LogP contribution in [0.2, 0.25) is 0 Å². The first-order chi connectivity index (χ1) is 14.3. The van der Waals surface area contributed by atoms with Gasteiger partial charge >= 0.3 is 5.97 Å². The minimum absolute atomic E-state index is 0.208. The minimum atomic E-state index is -0.978. The summed E-state index contributed by atoms with van der Waals surface area (Å²) in [5.41, 5.74) is 2.62. The SMILES string of the molecule is Cc1ccccc1C(=O)N[C@H](C(=O)O[C@@H](C)C(=O)c1c[nH]c2ccccc12)C(C)C. The standard InChI is InChI=1S/C24H26N2O4/c1-14(2)21(26-23(28)17-10-6-5-9-15(17)3)24(29)30-16(4)22(27)19-13-25-20-12-8-7-11-18(19)20/h5-14,16,21,25H,1-4H3,(H,26,28)/t16-,21-/m0/s1. The highest BCUT2D eigenvalue weighted by Gasteiger charge is 2.30. The average molecular weight is 406 g/mol. The number of esters is 1. The maximum Gasteiger partial charge on any atom is 0.329 e. The van der Waals surface area contributed by atoms with Gasteiger partial charge in [-0.05, 0) is 37.5 Å². The van der Waals surface area contributed by atoms with E-state index in [4.69, 9.17) is 4.74 Å². The largest absolute Gasteiger partial charge is 0.453 e. The molecule has 1 heterocycles. The van der Waals surface area contributed by atoms with Crippen LogP contribution in [0.25, 0.3) is 10.9 Å². The van der Waals surface area contributed by atoms with Gasteiger partial charge in [0.05, 0.1) is 0 Å². The van der Waals surface area contributed by atoms with E-state index in [1.807, 2.05) is 57.2 Å². The number of amides is 1. The molecule has 2 aromatic carbocycles. The van der Waals surface area contributed by atoms with Crippen molar-refractivity contribution in [3.8, 4) is 0 Å². The zero-order valence-corrected chi connectivity index (χ0v) is 17.6. The summed E-state index contributed by atoms with van der Waals surface area (Å²) in [6.45, 7) is 7.01. The van der Waals surface area contributed by atoms with Gasteiger partial charge in [0.1, 0.15) is 6.04 Å². The summed E-state index contributed by atoms with van der Waals surface area (Å²) in [6.07, 6.45) is 0.644. The van der Waals surface area contributed by atoms with E-state index < -0.39 is 18.1 Å². The number of carbonyl (C=O) groups is 3. The lowest BCUT2D eigenvalue weighted by Crippen LogP contribution is -2.46. The van der Waals surface area contributed by atoms with Crippen molar-refractivity contribution in [2.24, 2.45) is 5.92 Å². The molecule has 0 fully saturated rings. The number of fused-ring (bicyclic) bond motifs is 1. The number of aromatic nitrogens is 1. The van der Waals surface area contributed by atoms with Crippen molar-refractivity contribution >= 4 is 28.6 Å². The Morgan fingerprint density at radius 1 is 0.933 bits per heavy atom. The Balaban J connectivity index is 1.72. The Kier molecular flexibility index (Phi) is 6.35. The number of aromatic amines is 1. The van der Waals surface area contributed by atoms with E-state index in [1.165, 1.54) is 0 Å². The van der Waals surface area contributed by atoms with Crippen molar-refractivity contribution < 1.29 is 19.1 Å². The van der Waals surface area contributed by atoms with Gasteiger partial charge in [-0.1, -0.05) is 50.2 Å². The number of ether oxygens (including phenoxy) is 1. The van der Waals surface area contributed by atoms with Crippen molar-refractivity contribution in [3.63, 3.8) is 0 Å². The number of H-pyrrole nitrogens is 1. The second kappa shape index (κ2) is 8.95. The van der Waals surface area contributed by atoms with E-state index in [0.717, 1.165) is 16.5 Å². The van der Waals surface area contributed by atoms with Crippen LogP contribution in [0, 0.1) is 12.8 Å². The van der Waals surface area contributed by atoms with Gasteiger partial charge in [-0.15, -0.1) is 0 Å². The zero-order chi connectivity index (χ0) is 21.8. The summed E-state index contributed by atoms with van der Waals surface area (Å²) in [7, 11) is 0. The van der Waals surface area contributed by atoms with Crippen LogP contribution in [0.15, 0.2) is 54.7 Å². The normalized spacial score (nSPS) is 13.1. The molecule has 6 nitrogen and oxygen atoms in total. The second-order valence-corrected chi connectivity index (χ2v) is 7.70. The van der Waals surface area contributed by atoms with Crippen LogP contribution in [0.4, 0.5) is 0 Å². The fourth-order valence-corrected chi connectivity index (χ4v) is 3.34. The van der Waals surface area contributed by atoms with E-state index in [1.54, 1.807) is 25.3 Å². The molecule has 30 heavy (non-hydrogen) atoms. The fraction of sp³-hybridized carbons (Fsp3) is 0.292. The predicted molar refractivity (Wildman–Crippen MR) is 115 cm³/mol. The predicted octanol–water partition coefficient (Wildman–Crippen LogP) is 4.05. The van der Waals surface area contributed by atoms with Gasteiger partial charge < -0.3 is 15.0 Å². The molecule has 1 aromatic heterocycles. The number of ketones is 1. The molecule has 6 heteroatoms. The molecule has 1 amide bonds. The van der Waals surface area contributed by atoms with Crippen molar-refractivity contribution in [3.05, 3.63) is 71.4 Å². The number of hydrogen-bond acceptors (Lipinski definition) is 4. The molecule has 0 aliphatic carbocycles. The van der Waals surface area contributed by atoms with Gasteiger partial charge in [-0.25, -0.2) is 4.79 Å². The summed E-state index contributed by atoms with van der Waals surface area (Å²) < 4.78 is 5.46. The number of benzene rings is 2. The number of nitrogens with one attached hydrogen (secondary N) is 2. The topological polar surface area (TPSA) is 88.3 Å². The molecule has 2 N–H and O–H groups in total. The Morgan fingerprint density at radius 2 is 1.60 bits per heavy atom. The van der Waals surface area contributed by atoms with Crippen molar-refractivity contribution in [2.75, 3.05) is 0 Å². The number of carbonyl (C=O) groups excluding carboxylic acids is 3. The lowest BCUT2D eigenvalue weighted by molar-refractivity contribution is -0.149. The number of aryl methyl sites for hydroxylation is 1.